The van der Waals surface area contributed by atoms with E-state index in [0.29, 0.717) is 17.8 Å². The third-order valence-corrected chi connectivity index (χ3v) is 3.45. The molecule has 0 aliphatic carbocycles. The van der Waals surface area contributed by atoms with Gasteiger partial charge in [-0.3, -0.25) is 14.6 Å². The summed E-state index contributed by atoms with van der Waals surface area (Å²) in [6.45, 7) is 4.41. The molecular formula is C13H16N2O3. The SMILES string of the molecule is Cc1ncccc1C(=O)N1CC(C)C(C(=O)O)C1. The van der Waals surface area contributed by atoms with Crippen LogP contribution in [0.15, 0.2) is 18.3 Å². The quantitative estimate of drug-likeness (QED) is 0.853. The Morgan fingerprint density at radius 2 is 2.17 bits per heavy atom. The Kier molecular flexibility index (Phi) is 3.32. The third kappa shape index (κ3) is 2.20. The first-order valence-corrected chi connectivity index (χ1v) is 5.94. The molecule has 1 amide bonds. The second-order valence-electron chi connectivity index (χ2n) is 4.77. The number of nitrogens with zero attached hydrogens (tertiary/aromatic N) is 2. The lowest BCUT2D eigenvalue weighted by atomic mass is 9.99. The van der Waals surface area contributed by atoms with Crippen molar-refractivity contribution >= 4 is 11.9 Å². The lowest BCUT2D eigenvalue weighted by Gasteiger charge is -2.16. The minimum Gasteiger partial charge on any atom is -0.481 e. The lowest BCUT2D eigenvalue weighted by Crippen LogP contribution is -2.30. The van der Waals surface area contributed by atoms with E-state index in [1.807, 2.05) is 6.92 Å². The largest absolute Gasteiger partial charge is 0.481 e. The predicted molar refractivity (Wildman–Crippen MR) is 65.2 cm³/mol. The van der Waals surface area contributed by atoms with Crippen molar-refractivity contribution in [1.82, 2.24) is 9.88 Å². The molecule has 2 rings (SSSR count). The molecule has 0 bridgehead atoms. The van der Waals surface area contributed by atoms with Crippen molar-refractivity contribution in [3.63, 3.8) is 0 Å². The number of hydrogen-bond donors (Lipinski definition) is 1. The number of aryl methyl sites for hydroxylation is 1. The molecule has 1 aromatic rings. The Morgan fingerprint density at radius 1 is 1.44 bits per heavy atom. The molecule has 96 valence electrons. The number of aliphatic carboxylic acids is 1. The number of carboxylic acids is 1. The van der Waals surface area contributed by atoms with E-state index in [1.54, 1.807) is 30.2 Å². The fraction of sp³-hybridized carbons (Fsp3) is 0.462. The number of carbonyl (C=O) groups is 2. The van der Waals surface area contributed by atoms with Gasteiger partial charge in [0, 0.05) is 25.0 Å². The Bertz CT molecular complexity index is 487. The van der Waals surface area contributed by atoms with Gasteiger partial charge in [0.25, 0.3) is 5.91 Å². The lowest BCUT2D eigenvalue weighted by molar-refractivity contribution is -0.142. The molecule has 1 aliphatic rings. The summed E-state index contributed by atoms with van der Waals surface area (Å²) in [5, 5.41) is 9.06. The number of aromatic nitrogens is 1. The minimum absolute atomic E-state index is 0.0107. The summed E-state index contributed by atoms with van der Waals surface area (Å²) in [6.07, 6.45) is 1.64. The van der Waals surface area contributed by atoms with Gasteiger partial charge in [-0.1, -0.05) is 6.92 Å². The third-order valence-electron chi connectivity index (χ3n) is 3.45. The van der Waals surface area contributed by atoms with Crippen LogP contribution in [0, 0.1) is 18.8 Å². The zero-order chi connectivity index (χ0) is 13.3. The van der Waals surface area contributed by atoms with Crippen molar-refractivity contribution in [3.05, 3.63) is 29.6 Å². The van der Waals surface area contributed by atoms with E-state index >= 15 is 0 Å². The number of hydrogen-bond acceptors (Lipinski definition) is 3. The molecule has 1 saturated heterocycles. The number of pyridine rings is 1. The zero-order valence-electron chi connectivity index (χ0n) is 10.5. The molecule has 1 aliphatic heterocycles. The molecule has 0 saturated carbocycles. The van der Waals surface area contributed by atoms with E-state index in [2.05, 4.69) is 4.98 Å². The second-order valence-corrected chi connectivity index (χ2v) is 4.77. The number of carbonyl (C=O) groups excluding carboxylic acids is 1. The summed E-state index contributed by atoms with van der Waals surface area (Å²) in [6, 6.07) is 3.44. The minimum atomic E-state index is -0.833. The molecule has 18 heavy (non-hydrogen) atoms. The highest BCUT2D eigenvalue weighted by molar-refractivity contribution is 5.95. The van der Waals surface area contributed by atoms with Gasteiger partial charge in [-0.2, -0.15) is 0 Å². The fourth-order valence-corrected chi connectivity index (χ4v) is 2.33. The van der Waals surface area contributed by atoms with Gasteiger partial charge in [-0.15, -0.1) is 0 Å². The fourth-order valence-electron chi connectivity index (χ4n) is 2.33. The van der Waals surface area contributed by atoms with Gasteiger partial charge in [-0.25, -0.2) is 0 Å². The van der Waals surface area contributed by atoms with E-state index in [9.17, 15) is 9.59 Å². The van der Waals surface area contributed by atoms with Crippen LogP contribution in [-0.2, 0) is 4.79 Å². The first kappa shape index (κ1) is 12.5. The van der Waals surface area contributed by atoms with Crippen molar-refractivity contribution < 1.29 is 14.7 Å². The first-order valence-electron chi connectivity index (χ1n) is 5.94. The van der Waals surface area contributed by atoms with Crippen LogP contribution in [0.1, 0.15) is 23.0 Å². The summed E-state index contributed by atoms with van der Waals surface area (Å²) in [5.74, 6) is -1.44. The van der Waals surface area contributed by atoms with Gasteiger partial charge in [0.15, 0.2) is 0 Å². The van der Waals surface area contributed by atoms with Crippen LogP contribution in [0.25, 0.3) is 0 Å². The molecule has 5 nitrogen and oxygen atoms in total. The number of likely N-dealkylation sites (tertiary alicyclic amines) is 1. The van der Waals surface area contributed by atoms with E-state index in [1.165, 1.54) is 0 Å². The van der Waals surface area contributed by atoms with Crippen molar-refractivity contribution in [2.24, 2.45) is 11.8 Å². The molecule has 2 atom stereocenters. The van der Waals surface area contributed by atoms with Crippen molar-refractivity contribution in [3.8, 4) is 0 Å². The Balaban J connectivity index is 2.17. The van der Waals surface area contributed by atoms with Crippen molar-refractivity contribution in [2.75, 3.05) is 13.1 Å². The van der Waals surface area contributed by atoms with Crippen LogP contribution in [0.5, 0.6) is 0 Å². The summed E-state index contributed by atoms with van der Waals surface area (Å²) in [7, 11) is 0. The number of amides is 1. The van der Waals surface area contributed by atoms with Gasteiger partial charge >= 0.3 is 5.97 Å². The maximum atomic E-state index is 12.3. The molecule has 0 spiro atoms. The summed E-state index contributed by atoms with van der Waals surface area (Å²) in [5.41, 5.74) is 1.23. The molecule has 2 heterocycles. The summed E-state index contributed by atoms with van der Waals surface area (Å²) >= 11 is 0. The van der Waals surface area contributed by atoms with Gasteiger partial charge < -0.3 is 10.0 Å². The normalized spacial score (nSPS) is 23.1. The highest BCUT2D eigenvalue weighted by Crippen LogP contribution is 2.25. The Hall–Kier alpha value is -1.91. The standard InChI is InChI=1S/C13H16N2O3/c1-8-6-15(7-11(8)13(17)18)12(16)10-4-3-5-14-9(10)2/h3-5,8,11H,6-7H2,1-2H3,(H,17,18). The molecule has 0 radical (unpaired) electrons. The van der Waals surface area contributed by atoms with E-state index in [-0.39, 0.29) is 18.4 Å². The molecule has 2 unspecified atom stereocenters. The predicted octanol–water partition coefficient (Wildman–Crippen LogP) is 1.18. The van der Waals surface area contributed by atoms with Gasteiger partial charge in [-0.05, 0) is 25.0 Å². The van der Waals surface area contributed by atoms with E-state index in [0.717, 1.165) is 0 Å². The maximum Gasteiger partial charge on any atom is 0.308 e. The molecule has 1 aromatic heterocycles. The summed E-state index contributed by atoms with van der Waals surface area (Å²) < 4.78 is 0. The summed E-state index contributed by atoms with van der Waals surface area (Å²) in [4.78, 5) is 29.0. The highest BCUT2D eigenvalue weighted by atomic mass is 16.4. The molecule has 0 aromatic carbocycles. The van der Waals surface area contributed by atoms with Crippen LogP contribution in [0.4, 0.5) is 0 Å². The van der Waals surface area contributed by atoms with Crippen LogP contribution < -0.4 is 0 Å². The highest BCUT2D eigenvalue weighted by Gasteiger charge is 2.37. The Morgan fingerprint density at radius 3 is 2.72 bits per heavy atom. The van der Waals surface area contributed by atoms with Crippen LogP contribution in [0.2, 0.25) is 0 Å². The second kappa shape index (κ2) is 4.76. The van der Waals surface area contributed by atoms with Gasteiger partial charge in [0.1, 0.15) is 0 Å². The molecular weight excluding hydrogens is 232 g/mol. The van der Waals surface area contributed by atoms with E-state index < -0.39 is 11.9 Å². The van der Waals surface area contributed by atoms with E-state index in [4.69, 9.17) is 5.11 Å². The molecule has 5 heteroatoms. The first-order chi connectivity index (χ1) is 8.50. The average Bonchev–Trinajstić information content (AvgIpc) is 2.71. The van der Waals surface area contributed by atoms with Gasteiger partial charge in [0.05, 0.1) is 11.5 Å². The number of rotatable bonds is 2. The van der Waals surface area contributed by atoms with Crippen LogP contribution >= 0.6 is 0 Å². The zero-order valence-corrected chi connectivity index (χ0v) is 10.5. The molecule has 1 fully saturated rings. The van der Waals surface area contributed by atoms with Crippen LogP contribution in [-0.4, -0.2) is 40.0 Å². The monoisotopic (exact) mass is 248 g/mol. The Labute approximate surface area is 105 Å². The average molecular weight is 248 g/mol. The number of carboxylic acid groups (broad SMARTS) is 1. The van der Waals surface area contributed by atoms with Crippen molar-refractivity contribution in [1.29, 1.82) is 0 Å². The van der Waals surface area contributed by atoms with Crippen molar-refractivity contribution in [2.45, 2.75) is 13.8 Å². The molecule has 1 N–H and O–H groups in total. The topological polar surface area (TPSA) is 70.5 Å². The maximum absolute atomic E-state index is 12.3. The van der Waals surface area contributed by atoms with Crippen LogP contribution in [0.3, 0.4) is 0 Å². The smallest absolute Gasteiger partial charge is 0.308 e. The van der Waals surface area contributed by atoms with Gasteiger partial charge in [0.2, 0.25) is 0 Å².